The Kier molecular flexibility index (Phi) is 6.18. The summed E-state index contributed by atoms with van der Waals surface area (Å²) in [6.45, 7) is 2.29. The van der Waals surface area contributed by atoms with Crippen molar-refractivity contribution in [2.24, 2.45) is 0 Å². The van der Waals surface area contributed by atoms with Crippen molar-refractivity contribution >= 4 is 5.69 Å². The van der Waals surface area contributed by atoms with Gasteiger partial charge in [-0.25, -0.2) is 0 Å². The van der Waals surface area contributed by atoms with Gasteiger partial charge in [0.2, 0.25) is 0 Å². The number of nitrogens with zero attached hydrogens (tertiary/aromatic N) is 1. The van der Waals surface area contributed by atoms with Crippen LogP contribution in [0.25, 0.3) is 0 Å². The predicted octanol–water partition coefficient (Wildman–Crippen LogP) is 5.07. The van der Waals surface area contributed by atoms with Gasteiger partial charge in [0, 0.05) is 30.9 Å². The lowest BCUT2D eigenvalue weighted by molar-refractivity contribution is 0.0853. The zero-order valence-electron chi connectivity index (χ0n) is 14.0. The molecule has 2 aliphatic rings. The monoisotopic (exact) mass is 300 g/mol. The number of anilines is 1. The summed E-state index contributed by atoms with van der Waals surface area (Å²) in [4.78, 5) is 2.88. The molecule has 2 saturated carbocycles. The highest BCUT2D eigenvalue weighted by Crippen LogP contribution is 2.29. The van der Waals surface area contributed by atoms with E-state index >= 15 is 0 Å². The maximum atomic E-state index is 3.61. The van der Waals surface area contributed by atoms with Crippen LogP contribution in [0.15, 0.2) is 30.3 Å². The number of benzene rings is 1. The molecular weight excluding hydrogens is 268 g/mol. The Morgan fingerprint density at radius 3 is 1.86 bits per heavy atom. The average Bonchev–Trinajstić information content (AvgIpc) is 2.61. The fourth-order valence-electron chi connectivity index (χ4n) is 4.37. The highest BCUT2D eigenvalue weighted by Gasteiger charge is 2.28. The summed E-state index contributed by atoms with van der Waals surface area (Å²) in [6, 6.07) is 12.4. The van der Waals surface area contributed by atoms with Crippen molar-refractivity contribution in [1.29, 1.82) is 0 Å². The second kappa shape index (κ2) is 8.57. The Balaban J connectivity index is 1.55. The van der Waals surface area contributed by atoms with E-state index in [1.54, 1.807) is 0 Å². The summed E-state index contributed by atoms with van der Waals surface area (Å²) < 4.78 is 0. The van der Waals surface area contributed by atoms with Gasteiger partial charge in [-0.2, -0.15) is 0 Å². The van der Waals surface area contributed by atoms with Gasteiger partial charge in [-0.3, -0.25) is 4.90 Å². The Bertz CT molecular complexity index is 387. The van der Waals surface area contributed by atoms with Gasteiger partial charge < -0.3 is 5.32 Å². The van der Waals surface area contributed by atoms with Gasteiger partial charge in [-0.1, -0.05) is 56.7 Å². The summed E-state index contributed by atoms with van der Waals surface area (Å²) in [5, 5.41) is 3.61. The second-order valence-electron chi connectivity index (χ2n) is 7.11. The van der Waals surface area contributed by atoms with Gasteiger partial charge >= 0.3 is 0 Å². The predicted molar refractivity (Wildman–Crippen MR) is 95.4 cm³/mol. The molecule has 0 heterocycles. The number of hydrogen-bond donors (Lipinski definition) is 1. The van der Waals surface area contributed by atoms with Crippen molar-refractivity contribution in [2.75, 3.05) is 18.4 Å². The van der Waals surface area contributed by atoms with Crippen LogP contribution in [0, 0.1) is 0 Å². The largest absolute Gasteiger partial charge is 0.384 e. The van der Waals surface area contributed by atoms with E-state index in [2.05, 4.69) is 40.5 Å². The van der Waals surface area contributed by atoms with Gasteiger partial charge in [0.15, 0.2) is 0 Å². The van der Waals surface area contributed by atoms with E-state index < -0.39 is 0 Å². The summed E-state index contributed by atoms with van der Waals surface area (Å²) in [5.41, 5.74) is 1.26. The molecule has 0 aromatic heterocycles. The molecule has 1 aromatic carbocycles. The van der Waals surface area contributed by atoms with Crippen LogP contribution in [0.4, 0.5) is 5.69 Å². The standard InChI is InChI=1S/C20H32N2/c1-4-10-18(11-5-1)21-16-17-22(19-12-6-2-7-13-19)20-14-8-3-9-15-20/h1,4-5,10-11,19-21H,2-3,6-9,12-17H2. The molecule has 0 bridgehead atoms. The van der Waals surface area contributed by atoms with E-state index in [1.807, 2.05) is 0 Å². The number of para-hydroxylation sites is 1. The van der Waals surface area contributed by atoms with Gasteiger partial charge in [0.25, 0.3) is 0 Å². The minimum absolute atomic E-state index is 0.856. The summed E-state index contributed by atoms with van der Waals surface area (Å²) in [6.07, 6.45) is 14.4. The minimum Gasteiger partial charge on any atom is -0.384 e. The van der Waals surface area contributed by atoms with Crippen LogP contribution in [-0.2, 0) is 0 Å². The molecular formula is C20H32N2. The van der Waals surface area contributed by atoms with Crippen molar-refractivity contribution in [3.63, 3.8) is 0 Å². The average molecular weight is 300 g/mol. The maximum Gasteiger partial charge on any atom is 0.0340 e. The molecule has 2 aliphatic carbocycles. The second-order valence-corrected chi connectivity index (χ2v) is 7.11. The van der Waals surface area contributed by atoms with E-state index in [4.69, 9.17) is 0 Å². The minimum atomic E-state index is 0.856. The summed E-state index contributed by atoms with van der Waals surface area (Å²) in [7, 11) is 0. The lowest BCUT2D eigenvalue weighted by Gasteiger charge is -2.41. The first kappa shape index (κ1) is 15.9. The first-order chi connectivity index (χ1) is 10.9. The molecule has 0 spiro atoms. The molecule has 0 amide bonds. The maximum absolute atomic E-state index is 3.61. The van der Waals surface area contributed by atoms with Crippen LogP contribution in [-0.4, -0.2) is 30.1 Å². The van der Waals surface area contributed by atoms with Crippen molar-refractivity contribution in [2.45, 2.75) is 76.3 Å². The molecule has 22 heavy (non-hydrogen) atoms. The number of hydrogen-bond acceptors (Lipinski definition) is 2. The quantitative estimate of drug-likeness (QED) is 0.789. The molecule has 0 unspecified atom stereocenters. The van der Waals surface area contributed by atoms with E-state index in [-0.39, 0.29) is 0 Å². The van der Waals surface area contributed by atoms with Crippen molar-refractivity contribution in [3.8, 4) is 0 Å². The summed E-state index contributed by atoms with van der Waals surface area (Å²) in [5.74, 6) is 0. The zero-order valence-corrected chi connectivity index (χ0v) is 14.0. The highest BCUT2D eigenvalue weighted by molar-refractivity contribution is 5.42. The SMILES string of the molecule is c1ccc(NCCN(C2CCCCC2)C2CCCCC2)cc1. The molecule has 0 saturated heterocycles. The normalized spacial score (nSPS) is 21.1. The Morgan fingerprint density at radius 1 is 0.773 bits per heavy atom. The van der Waals surface area contributed by atoms with E-state index in [9.17, 15) is 0 Å². The lowest BCUT2D eigenvalue weighted by atomic mass is 9.88. The number of rotatable bonds is 6. The molecule has 1 aromatic rings. The van der Waals surface area contributed by atoms with Crippen LogP contribution in [0.5, 0.6) is 0 Å². The van der Waals surface area contributed by atoms with Crippen LogP contribution in [0.1, 0.15) is 64.2 Å². The molecule has 2 heteroatoms. The van der Waals surface area contributed by atoms with Gasteiger partial charge in [0.05, 0.1) is 0 Å². The fourth-order valence-corrected chi connectivity index (χ4v) is 4.37. The van der Waals surface area contributed by atoms with E-state index in [1.165, 1.54) is 76.4 Å². The Morgan fingerprint density at radius 2 is 1.32 bits per heavy atom. The molecule has 0 aliphatic heterocycles. The third-order valence-corrected chi connectivity index (χ3v) is 5.56. The van der Waals surface area contributed by atoms with Crippen LogP contribution in [0.2, 0.25) is 0 Å². The third kappa shape index (κ3) is 4.49. The van der Waals surface area contributed by atoms with Crippen molar-refractivity contribution < 1.29 is 0 Å². The van der Waals surface area contributed by atoms with Crippen LogP contribution in [0.3, 0.4) is 0 Å². The Labute approximate surface area is 136 Å². The molecule has 3 rings (SSSR count). The molecule has 2 fully saturated rings. The topological polar surface area (TPSA) is 15.3 Å². The lowest BCUT2D eigenvalue weighted by Crippen LogP contribution is -2.47. The molecule has 1 N–H and O–H groups in total. The van der Waals surface area contributed by atoms with Crippen LogP contribution < -0.4 is 5.32 Å². The van der Waals surface area contributed by atoms with E-state index in [0.717, 1.165) is 18.6 Å². The first-order valence-corrected chi connectivity index (χ1v) is 9.48. The smallest absolute Gasteiger partial charge is 0.0340 e. The van der Waals surface area contributed by atoms with E-state index in [0.29, 0.717) is 0 Å². The van der Waals surface area contributed by atoms with Crippen molar-refractivity contribution in [3.05, 3.63) is 30.3 Å². The zero-order chi connectivity index (χ0) is 15.0. The molecule has 0 atom stereocenters. The van der Waals surface area contributed by atoms with Crippen LogP contribution >= 0.6 is 0 Å². The molecule has 122 valence electrons. The van der Waals surface area contributed by atoms with Crippen molar-refractivity contribution in [1.82, 2.24) is 4.90 Å². The Hall–Kier alpha value is -1.02. The highest BCUT2D eigenvalue weighted by atomic mass is 15.2. The fraction of sp³-hybridized carbons (Fsp3) is 0.700. The van der Waals surface area contributed by atoms with Gasteiger partial charge in [-0.05, 0) is 37.8 Å². The third-order valence-electron chi connectivity index (χ3n) is 5.56. The van der Waals surface area contributed by atoms with Gasteiger partial charge in [0.1, 0.15) is 0 Å². The molecule has 0 radical (unpaired) electrons. The molecule has 2 nitrogen and oxygen atoms in total. The van der Waals surface area contributed by atoms with Gasteiger partial charge in [-0.15, -0.1) is 0 Å². The number of nitrogens with one attached hydrogen (secondary N) is 1. The first-order valence-electron chi connectivity index (χ1n) is 9.48. The summed E-state index contributed by atoms with van der Waals surface area (Å²) >= 11 is 0.